The van der Waals surface area contributed by atoms with Crippen molar-refractivity contribution in [3.8, 4) is 35.2 Å². The Hall–Kier alpha value is -4.13. The molecule has 0 aliphatic heterocycles. The van der Waals surface area contributed by atoms with Crippen LogP contribution in [-0.4, -0.2) is 45.4 Å². The quantitative estimate of drug-likeness (QED) is 0.148. The monoisotopic (exact) mass is 493 g/mol. The molecule has 2 rings (SSSR count). The fourth-order valence-corrected chi connectivity index (χ4v) is 2.29. The Bertz CT molecular complexity index is 1190. The number of terminal acetylenes is 1. The largest absolute Gasteiger partial charge is 0.491 e. The lowest BCUT2D eigenvalue weighted by atomic mass is 10.2. The van der Waals surface area contributed by atoms with Crippen LogP contribution >= 0.6 is 0 Å². The van der Waals surface area contributed by atoms with Gasteiger partial charge in [0.05, 0.1) is 6.54 Å². The SMILES string of the molecule is C#CCNNc1nc(-c2ccc(OC(=O)C(F)(F)F)c(OC(=O)C(F)(F)F)c2)n(CC)c(=O)n1. The van der Waals surface area contributed by atoms with Crippen molar-refractivity contribution >= 4 is 17.9 Å². The number of nitrogens with zero attached hydrogens (tertiary/aromatic N) is 3. The number of benzene rings is 1. The second-order valence-electron chi connectivity index (χ2n) is 6.02. The molecule has 0 bridgehead atoms. The van der Waals surface area contributed by atoms with Crippen molar-refractivity contribution in [2.45, 2.75) is 25.8 Å². The van der Waals surface area contributed by atoms with E-state index in [9.17, 15) is 40.7 Å². The van der Waals surface area contributed by atoms with Gasteiger partial charge in [-0.25, -0.2) is 19.8 Å². The molecule has 0 saturated heterocycles. The first kappa shape index (κ1) is 26.1. The molecule has 1 aromatic heterocycles. The lowest BCUT2D eigenvalue weighted by Gasteiger charge is -2.15. The highest BCUT2D eigenvalue weighted by Crippen LogP contribution is 2.35. The Labute approximate surface area is 185 Å². The molecular weight excluding hydrogens is 480 g/mol. The lowest BCUT2D eigenvalue weighted by Crippen LogP contribution is -2.31. The van der Waals surface area contributed by atoms with Gasteiger partial charge in [-0.15, -0.1) is 6.42 Å². The van der Waals surface area contributed by atoms with E-state index in [1.54, 1.807) is 0 Å². The smallest absolute Gasteiger partial charge is 0.416 e. The minimum absolute atomic E-state index is 0.00757. The van der Waals surface area contributed by atoms with Crippen molar-refractivity contribution in [3.63, 3.8) is 0 Å². The van der Waals surface area contributed by atoms with Gasteiger partial charge in [-0.3, -0.25) is 9.99 Å². The summed E-state index contributed by atoms with van der Waals surface area (Å²) in [6, 6.07) is 2.24. The van der Waals surface area contributed by atoms with Gasteiger partial charge in [0.2, 0.25) is 5.95 Å². The number of ether oxygens (including phenoxy) is 2. The number of alkyl halides is 6. The molecule has 0 atom stereocenters. The Morgan fingerprint density at radius 3 is 2.18 bits per heavy atom. The highest BCUT2D eigenvalue weighted by atomic mass is 19.4. The van der Waals surface area contributed by atoms with Crippen LogP contribution in [0.25, 0.3) is 11.4 Å². The van der Waals surface area contributed by atoms with Gasteiger partial charge >= 0.3 is 30.0 Å². The van der Waals surface area contributed by atoms with E-state index in [1.165, 1.54) is 6.92 Å². The summed E-state index contributed by atoms with van der Waals surface area (Å²) in [4.78, 5) is 42.3. The first-order valence-corrected chi connectivity index (χ1v) is 8.91. The lowest BCUT2D eigenvalue weighted by molar-refractivity contribution is -0.191. The third-order valence-corrected chi connectivity index (χ3v) is 3.68. The van der Waals surface area contributed by atoms with Crippen LogP contribution in [-0.2, 0) is 16.1 Å². The fraction of sp³-hybridized carbons (Fsp3) is 0.278. The Balaban J connectivity index is 2.61. The van der Waals surface area contributed by atoms with E-state index in [0.29, 0.717) is 12.1 Å². The van der Waals surface area contributed by atoms with E-state index in [2.05, 4.69) is 36.2 Å². The molecule has 16 heteroatoms. The number of nitrogens with one attached hydrogen (secondary N) is 2. The zero-order chi connectivity index (χ0) is 25.7. The number of hydrogen-bond donors (Lipinski definition) is 2. The van der Waals surface area contributed by atoms with Gasteiger partial charge in [0.15, 0.2) is 11.5 Å². The zero-order valence-electron chi connectivity index (χ0n) is 16.9. The molecule has 0 aliphatic carbocycles. The molecule has 0 saturated carbocycles. The van der Waals surface area contributed by atoms with Crippen LogP contribution < -0.4 is 26.0 Å². The average Bonchev–Trinajstić information content (AvgIpc) is 2.73. The molecule has 0 aliphatic rings. The molecule has 182 valence electrons. The molecule has 0 spiro atoms. The minimum atomic E-state index is -5.53. The van der Waals surface area contributed by atoms with E-state index in [-0.39, 0.29) is 30.4 Å². The van der Waals surface area contributed by atoms with Crippen LogP contribution in [0.2, 0.25) is 0 Å². The molecule has 0 unspecified atom stereocenters. The molecule has 1 aromatic carbocycles. The van der Waals surface area contributed by atoms with Crippen molar-refractivity contribution in [3.05, 3.63) is 28.7 Å². The maximum absolute atomic E-state index is 12.7. The van der Waals surface area contributed by atoms with Crippen LogP contribution in [0.1, 0.15) is 6.92 Å². The van der Waals surface area contributed by atoms with Crippen LogP contribution in [0.15, 0.2) is 23.0 Å². The second kappa shape index (κ2) is 10.2. The van der Waals surface area contributed by atoms with E-state index in [1.807, 2.05) is 0 Å². The fourth-order valence-electron chi connectivity index (χ4n) is 2.29. The van der Waals surface area contributed by atoms with Gasteiger partial charge in [-0.2, -0.15) is 36.3 Å². The van der Waals surface area contributed by atoms with E-state index in [4.69, 9.17) is 6.42 Å². The highest BCUT2D eigenvalue weighted by Gasteiger charge is 2.44. The molecule has 0 radical (unpaired) electrons. The van der Waals surface area contributed by atoms with Gasteiger partial charge in [0, 0.05) is 12.1 Å². The average molecular weight is 493 g/mol. The van der Waals surface area contributed by atoms with Crippen molar-refractivity contribution in [1.82, 2.24) is 20.0 Å². The number of halogens is 6. The van der Waals surface area contributed by atoms with Gasteiger partial charge in [0.1, 0.15) is 5.82 Å². The number of anilines is 1. The van der Waals surface area contributed by atoms with Crippen LogP contribution in [0.5, 0.6) is 11.5 Å². The predicted molar refractivity (Wildman–Crippen MR) is 101 cm³/mol. The number of hydrazine groups is 1. The summed E-state index contributed by atoms with van der Waals surface area (Å²) in [6.07, 6.45) is -5.96. The zero-order valence-corrected chi connectivity index (χ0v) is 16.9. The van der Waals surface area contributed by atoms with Gasteiger partial charge in [-0.05, 0) is 25.1 Å². The molecule has 1 heterocycles. The van der Waals surface area contributed by atoms with Gasteiger partial charge in [-0.1, -0.05) is 5.92 Å². The second-order valence-corrected chi connectivity index (χ2v) is 6.02. The third-order valence-electron chi connectivity index (χ3n) is 3.68. The van der Waals surface area contributed by atoms with Crippen molar-refractivity contribution in [2.75, 3.05) is 12.0 Å². The van der Waals surface area contributed by atoms with Gasteiger partial charge in [0.25, 0.3) is 0 Å². The Morgan fingerprint density at radius 2 is 1.65 bits per heavy atom. The number of esters is 2. The van der Waals surface area contributed by atoms with E-state index < -0.39 is 41.5 Å². The van der Waals surface area contributed by atoms with Crippen LogP contribution in [0.3, 0.4) is 0 Å². The third kappa shape index (κ3) is 6.45. The first-order valence-electron chi connectivity index (χ1n) is 8.91. The Kier molecular flexibility index (Phi) is 7.84. The van der Waals surface area contributed by atoms with Crippen LogP contribution in [0, 0.1) is 12.3 Å². The highest BCUT2D eigenvalue weighted by molar-refractivity contribution is 5.82. The standard InChI is InChI=1S/C18H13F6N5O5/c1-3-7-25-28-15-26-12(29(4-2)16(32)27-15)9-5-6-10(33-13(30)17(19,20)21)11(8-9)34-14(31)18(22,23)24/h1,5-6,8,25H,4,7H2,2H3,(H,27,28,32). The summed E-state index contributed by atoms with van der Waals surface area (Å²) in [6.45, 7) is 1.46. The summed E-state index contributed by atoms with van der Waals surface area (Å²) in [5.41, 5.74) is 3.83. The molecule has 0 amide bonds. The number of carbonyl (C=O) groups is 2. The molecule has 2 N–H and O–H groups in total. The number of hydrogen-bond acceptors (Lipinski definition) is 9. The number of aromatic nitrogens is 3. The van der Waals surface area contributed by atoms with Gasteiger partial charge < -0.3 is 9.47 Å². The molecule has 2 aromatic rings. The van der Waals surface area contributed by atoms with Crippen molar-refractivity contribution in [2.24, 2.45) is 0 Å². The molecule has 34 heavy (non-hydrogen) atoms. The molecular formula is C18H13F6N5O5. The normalized spacial score (nSPS) is 11.5. The van der Waals surface area contributed by atoms with Crippen molar-refractivity contribution in [1.29, 1.82) is 0 Å². The van der Waals surface area contributed by atoms with Crippen LogP contribution in [0.4, 0.5) is 32.3 Å². The minimum Gasteiger partial charge on any atom is -0.416 e. The van der Waals surface area contributed by atoms with E-state index >= 15 is 0 Å². The summed E-state index contributed by atoms with van der Waals surface area (Å²) in [5, 5.41) is 0. The topological polar surface area (TPSA) is 124 Å². The molecule has 0 fully saturated rings. The summed E-state index contributed by atoms with van der Waals surface area (Å²) < 4.78 is 84.7. The van der Waals surface area contributed by atoms with Crippen molar-refractivity contribution < 1.29 is 45.4 Å². The van der Waals surface area contributed by atoms with E-state index in [0.717, 1.165) is 10.6 Å². The maximum Gasteiger partial charge on any atom is 0.491 e. The first-order chi connectivity index (χ1) is 15.8. The predicted octanol–water partition coefficient (Wildman–Crippen LogP) is 1.81. The summed E-state index contributed by atoms with van der Waals surface area (Å²) in [7, 11) is 0. The summed E-state index contributed by atoms with van der Waals surface area (Å²) in [5.74, 6) is -6.22. The molecule has 10 nitrogen and oxygen atoms in total. The Morgan fingerprint density at radius 1 is 1.06 bits per heavy atom. The number of carbonyl (C=O) groups excluding carboxylic acids is 2. The number of rotatable bonds is 7. The maximum atomic E-state index is 12.7. The summed E-state index contributed by atoms with van der Waals surface area (Å²) >= 11 is 0.